The second-order valence-electron chi connectivity index (χ2n) is 6.00. The summed E-state index contributed by atoms with van der Waals surface area (Å²) in [5, 5.41) is 2.67. The summed E-state index contributed by atoms with van der Waals surface area (Å²) in [7, 11) is 1.31. The maximum absolute atomic E-state index is 12.4. The molecule has 0 aliphatic carbocycles. The van der Waals surface area contributed by atoms with Gasteiger partial charge in [0.15, 0.2) is 0 Å². The van der Waals surface area contributed by atoms with Crippen molar-refractivity contribution < 1.29 is 19.1 Å². The van der Waals surface area contributed by atoms with Crippen molar-refractivity contribution in [3.8, 4) is 10.4 Å². The van der Waals surface area contributed by atoms with Crippen molar-refractivity contribution in [2.45, 2.75) is 13.5 Å². The number of nitrogens with one attached hydrogen (secondary N) is 1. The van der Waals surface area contributed by atoms with Crippen LogP contribution < -0.4 is 5.32 Å². The minimum Gasteiger partial charge on any atom is -0.465 e. The number of aryl methyl sites for hydroxylation is 1. The fourth-order valence-corrected chi connectivity index (χ4v) is 4.34. The molecule has 0 radical (unpaired) electrons. The lowest BCUT2D eigenvalue weighted by molar-refractivity contribution is 0.0603. The Balaban J connectivity index is 1.86. The van der Waals surface area contributed by atoms with Crippen LogP contribution in [0.15, 0.2) is 58.4 Å². The largest absolute Gasteiger partial charge is 0.465 e. The van der Waals surface area contributed by atoms with E-state index in [0.29, 0.717) is 19.9 Å². The SMILES string of the molecule is COC(=O)c1c(-c2ccc(C)cc2)sc(Br)c1NC(=O)OCc1ccccc1. The summed E-state index contributed by atoms with van der Waals surface area (Å²) in [5.74, 6) is -0.532. The number of hydrogen-bond donors (Lipinski definition) is 1. The molecule has 2 aromatic carbocycles. The molecule has 3 rings (SSSR count). The van der Waals surface area contributed by atoms with Crippen LogP contribution in [0.2, 0.25) is 0 Å². The first-order valence-electron chi connectivity index (χ1n) is 8.45. The number of methoxy groups -OCH3 is 1. The minimum atomic E-state index is -0.650. The Morgan fingerprint density at radius 1 is 1.07 bits per heavy atom. The Morgan fingerprint density at radius 3 is 2.39 bits per heavy atom. The fourth-order valence-electron chi connectivity index (χ4n) is 2.58. The average molecular weight is 460 g/mol. The molecular formula is C21H18BrNO4S. The van der Waals surface area contributed by atoms with Gasteiger partial charge in [-0.15, -0.1) is 11.3 Å². The van der Waals surface area contributed by atoms with Gasteiger partial charge < -0.3 is 9.47 Å². The zero-order chi connectivity index (χ0) is 20.1. The predicted octanol–water partition coefficient (Wildman–Crippen LogP) is 6.02. The van der Waals surface area contributed by atoms with Crippen molar-refractivity contribution in [3.05, 3.63) is 75.1 Å². The van der Waals surface area contributed by atoms with Gasteiger partial charge >= 0.3 is 12.1 Å². The summed E-state index contributed by atoms with van der Waals surface area (Å²) in [6.45, 7) is 2.12. The molecule has 28 heavy (non-hydrogen) atoms. The number of benzene rings is 2. The van der Waals surface area contributed by atoms with Crippen LogP contribution in [-0.2, 0) is 16.1 Å². The molecule has 3 aromatic rings. The number of ether oxygens (including phenoxy) is 2. The summed E-state index contributed by atoms with van der Waals surface area (Å²) in [6, 6.07) is 17.1. The van der Waals surface area contributed by atoms with Gasteiger partial charge in [0.1, 0.15) is 12.2 Å². The molecule has 7 heteroatoms. The third-order valence-corrected chi connectivity index (χ3v) is 5.92. The van der Waals surface area contributed by atoms with Crippen molar-refractivity contribution in [2.75, 3.05) is 12.4 Å². The van der Waals surface area contributed by atoms with Crippen molar-refractivity contribution in [2.24, 2.45) is 0 Å². The molecule has 1 N–H and O–H groups in total. The van der Waals surface area contributed by atoms with E-state index in [1.54, 1.807) is 0 Å². The van der Waals surface area contributed by atoms with Crippen molar-refractivity contribution in [3.63, 3.8) is 0 Å². The number of hydrogen-bond acceptors (Lipinski definition) is 5. The topological polar surface area (TPSA) is 64.6 Å². The van der Waals surface area contributed by atoms with Gasteiger partial charge in [-0.2, -0.15) is 0 Å². The number of carbonyl (C=O) groups excluding carboxylic acids is 2. The predicted molar refractivity (Wildman–Crippen MR) is 114 cm³/mol. The highest BCUT2D eigenvalue weighted by Gasteiger charge is 2.26. The van der Waals surface area contributed by atoms with E-state index in [1.165, 1.54) is 18.4 Å². The monoisotopic (exact) mass is 459 g/mol. The molecule has 0 saturated heterocycles. The first kappa shape index (κ1) is 20.1. The molecule has 1 heterocycles. The number of anilines is 1. The van der Waals surface area contributed by atoms with Gasteiger partial charge in [-0.25, -0.2) is 9.59 Å². The third kappa shape index (κ3) is 4.61. The van der Waals surface area contributed by atoms with Gasteiger partial charge in [-0.05, 0) is 34.0 Å². The first-order valence-corrected chi connectivity index (χ1v) is 10.1. The van der Waals surface area contributed by atoms with Crippen LogP contribution in [0.1, 0.15) is 21.5 Å². The highest BCUT2D eigenvalue weighted by Crippen LogP contribution is 2.44. The molecule has 0 saturated carbocycles. The van der Waals surface area contributed by atoms with E-state index in [9.17, 15) is 9.59 Å². The van der Waals surface area contributed by atoms with E-state index < -0.39 is 12.1 Å². The van der Waals surface area contributed by atoms with E-state index in [4.69, 9.17) is 9.47 Å². The molecular weight excluding hydrogens is 442 g/mol. The highest BCUT2D eigenvalue weighted by atomic mass is 79.9. The van der Waals surface area contributed by atoms with Gasteiger partial charge in [-0.3, -0.25) is 5.32 Å². The van der Waals surface area contributed by atoms with Crippen molar-refractivity contribution >= 4 is 45.0 Å². The molecule has 0 unspecified atom stereocenters. The zero-order valence-corrected chi connectivity index (χ0v) is 17.7. The summed E-state index contributed by atoms with van der Waals surface area (Å²) in [6.07, 6.45) is -0.650. The summed E-state index contributed by atoms with van der Waals surface area (Å²) in [5.41, 5.74) is 3.48. The van der Waals surface area contributed by atoms with Gasteiger partial charge in [0, 0.05) is 0 Å². The number of carbonyl (C=O) groups is 2. The Labute approximate surface area is 175 Å². The first-order chi connectivity index (χ1) is 13.5. The molecule has 5 nitrogen and oxygen atoms in total. The van der Waals surface area contributed by atoms with Crippen LogP contribution in [0.25, 0.3) is 10.4 Å². The molecule has 0 bridgehead atoms. The van der Waals surface area contributed by atoms with Crippen molar-refractivity contribution in [1.82, 2.24) is 0 Å². The molecule has 0 spiro atoms. The van der Waals surface area contributed by atoms with Crippen LogP contribution >= 0.6 is 27.3 Å². The Bertz CT molecular complexity index is 984. The molecule has 0 fully saturated rings. The second kappa shape index (κ2) is 9.03. The summed E-state index contributed by atoms with van der Waals surface area (Å²) >= 11 is 4.79. The molecule has 0 aliphatic rings. The van der Waals surface area contributed by atoms with Gasteiger partial charge in [0.25, 0.3) is 0 Å². The lowest BCUT2D eigenvalue weighted by Crippen LogP contribution is -2.16. The second-order valence-corrected chi connectivity index (χ2v) is 8.34. The van der Waals surface area contributed by atoms with E-state index >= 15 is 0 Å². The highest BCUT2D eigenvalue weighted by molar-refractivity contribution is 9.11. The molecule has 1 amide bonds. The normalized spacial score (nSPS) is 10.4. The lowest BCUT2D eigenvalue weighted by atomic mass is 10.1. The number of thiophene rings is 1. The third-order valence-electron chi connectivity index (χ3n) is 4.01. The van der Waals surface area contributed by atoms with Crippen LogP contribution in [0.4, 0.5) is 10.5 Å². The van der Waals surface area contributed by atoms with E-state index in [0.717, 1.165) is 16.7 Å². The summed E-state index contributed by atoms with van der Waals surface area (Å²) < 4.78 is 10.8. The number of esters is 1. The Morgan fingerprint density at radius 2 is 1.75 bits per heavy atom. The Hall–Kier alpha value is -2.64. The number of rotatable bonds is 5. The van der Waals surface area contributed by atoms with Crippen molar-refractivity contribution in [1.29, 1.82) is 0 Å². The van der Waals surface area contributed by atoms with Gasteiger partial charge in [-0.1, -0.05) is 60.2 Å². The standard InChI is InChI=1S/C21H18BrNO4S/c1-13-8-10-15(11-9-13)18-16(20(24)26-2)17(19(22)28-18)23-21(25)27-12-14-6-4-3-5-7-14/h3-11H,12H2,1-2H3,(H,23,25). The van der Waals surface area contributed by atoms with Crippen LogP contribution in [0.3, 0.4) is 0 Å². The molecule has 0 atom stereocenters. The van der Waals surface area contributed by atoms with E-state index in [2.05, 4.69) is 21.2 Å². The van der Waals surface area contributed by atoms with Gasteiger partial charge in [0.05, 0.1) is 21.5 Å². The Kier molecular flexibility index (Phi) is 6.49. The van der Waals surface area contributed by atoms with Crippen LogP contribution in [0.5, 0.6) is 0 Å². The fraction of sp³-hybridized carbons (Fsp3) is 0.143. The minimum absolute atomic E-state index is 0.132. The van der Waals surface area contributed by atoms with Crippen LogP contribution in [0, 0.1) is 6.92 Å². The summed E-state index contributed by atoms with van der Waals surface area (Å²) in [4.78, 5) is 25.4. The van der Waals surface area contributed by atoms with E-state index in [1.807, 2.05) is 61.5 Å². The zero-order valence-electron chi connectivity index (χ0n) is 15.3. The average Bonchev–Trinajstić information content (AvgIpc) is 3.03. The lowest BCUT2D eigenvalue weighted by Gasteiger charge is -2.09. The molecule has 144 valence electrons. The molecule has 1 aromatic heterocycles. The molecule has 0 aliphatic heterocycles. The number of amides is 1. The van der Waals surface area contributed by atoms with E-state index in [-0.39, 0.29) is 6.61 Å². The smallest absolute Gasteiger partial charge is 0.412 e. The van der Waals surface area contributed by atoms with Gasteiger partial charge in [0.2, 0.25) is 0 Å². The number of halogens is 1. The van der Waals surface area contributed by atoms with Crippen LogP contribution in [-0.4, -0.2) is 19.2 Å². The maximum atomic E-state index is 12.4. The quantitative estimate of drug-likeness (QED) is 0.473. The maximum Gasteiger partial charge on any atom is 0.412 e.